The number of likely N-dealkylation sites (N-methyl/N-ethyl adjacent to an activating group) is 2. The van der Waals surface area contributed by atoms with Crippen LogP contribution in [0.1, 0.15) is 107 Å². The number of nitrogens with two attached hydrogens (primary N) is 1. The summed E-state index contributed by atoms with van der Waals surface area (Å²) in [6.07, 6.45) is 4.91. The quantitative estimate of drug-likeness (QED) is 0.0795. The first-order valence-corrected chi connectivity index (χ1v) is 21.0. The van der Waals surface area contributed by atoms with Crippen LogP contribution < -0.4 is 27.0 Å². The molecule has 0 bridgehead atoms. The molecule has 0 saturated carbocycles. The molecular weight excluding hydrogens is 755 g/mol. The molecule has 1 aromatic carbocycles. The maximum Gasteiger partial charge on any atom is 0.326 e. The number of carboxylic acids is 1. The van der Waals surface area contributed by atoms with Crippen LogP contribution in [0.5, 0.6) is 0 Å². The van der Waals surface area contributed by atoms with E-state index < -0.39 is 72.3 Å². The average molecular weight is 828 g/mol. The Balaban J connectivity index is 3.13. The van der Waals surface area contributed by atoms with Crippen LogP contribution in [0.15, 0.2) is 42.0 Å². The van der Waals surface area contributed by atoms with Crippen molar-refractivity contribution in [2.45, 2.75) is 144 Å². The van der Waals surface area contributed by atoms with Gasteiger partial charge in [-0.1, -0.05) is 97.7 Å². The van der Waals surface area contributed by atoms with Crippen LogP contribution in [0.25, 0.3) is 0 Å². The van der Waals surface area contributed by atoms with Crippen LogP contribution in [0.2, 0.25) is 0 Å². The Kier molecular flexibility index (Phi) is 22.7. The summed E-state index contributed by atoms with van der Waals surface area (Å²) >= 11 is 0. The van der Waals surface area contributed by atoms with Gasteiger partial charge in [0.15, 0.2) is 0 Å². The van der Waals surface area contributed by atoms with Gasteiger partial charge >= 0.3 is 5.97 Å². The third-order valence-electron chi connectivity index (χ3n) is 11.0. The van der Waals surface area contributed by atoms with Gasteiger partial charge in [-0.05, 0) is 69.3 Å². The van der Waals surface area contributed by atoms with Gasteiger partial charge in [0.05, 0.1) is 12.6 Å². The monoisotopic (exact) mass is 828 g/mol. The highest BCUT2D eigenvalue weighted by atomic mass is 16.4. The highest BCUT2D eigenvalue weighted by molar-refractivity contribution is 5.98. The number of nitrogens with zero attached hydrogens (tertiary/aromatic N) is 2. The Hall–Kier alpha value is -4.79. The van der Waals surface area contributed by atoms with Gasteiger partial charge in [-0.2, -0.15) is 0 Å². The minimum Gasteiger partial charge on any atom is -0.480 e. The van der Waals surface area contributed by atoms with E-state index in [-0.39, 0.29) is 42.0 Å². The lowest BCUT2D eigenvalue weighted by Gasteiger charge is -2.33. The number of amides is 6. The van der Waals surface area contributed by atoms with E-state index in [1.807, 2.05) is 45.0 Å². The Morgan fingerprint density at radius 2 is 1.37 bits per heavy atom. The predicted octanol–water partition coefficient (Wildman–Crippen LogP) is 3.41. The molecule has 7 N–H and O–H groups in total. The van der Waals surface area contributed by atoms with Crippen molar-refractivity contribution >= 4 is 41.4 Å². The summed E-state index contributed by atoms with van der Waals surface area (Å²) in [4.78, 5) is 94.3. The minimum absolute atomic E-state index is 0.0189. The largest absolute Gasteiger partial charge is 0.480 e. The van der Waals surface area contributed by atoms with E-state index in [1.165, 1.54) is 25.9 Å². The summed E-state index contributed by atoms with van der Waals surface area (Å²) in [5.41, 5.74) is 6.98. The van der Waals surface area contributed by atoms with Crippen molar-refractivity contribution in [2.24, 2.45) is 29.4 Å². The second kappa shape index (κ2) is 25.6. The number of nitrogens with one attached hydrogen (secondary N) is 4. The molecule has 0 spiro atoms. The molecular formula is C44H73N7O8. The van der Waals surface area contributed by atoms with E-state index in [2.05, 4.69) is 42.0 Å². The molecule has 9 atom stereocenters. The molecule has 0 saturated heterocycles. The summed E-state index contributed by atoms with van der Waals surface area (Å²) in [6.45, 7) is 18.0. The van der Waals surface area contributed by atoms with Crippen molar-refractivity contribution in [1.82, 2.24) is 31.1 Å². The Bertz CT molecular complexity index is 1580. The standard InChI is InChI=1S/C44H73N7O8/c1-13-27(5)37(49-40(54)31(9)45)29(7)19-18-20-30(8)39(53)47-34(23-26(3)4)41(55)46-32(10)42(56)51(12)35(24-33-21-16-15-17-22-33)43(57)50(11)25-36(52)48-38(44(58)59)28(6)14-2/h15-17,20-22,26-29,31-32,34-35,37-38H,13-14,18-19,23-25,45H2,1-12H3,(H,46,55)(H,47,53)(H,48,52)(H,49,54)(H,58,59)/b30-20+/t27?,28?,29-,31?,32+,34+,35+,37+,38?/m0/s1. The van der Waals surface area contributed by atoms with Crippen LogP contribution >= 0.6 is 0 Å². The van der Waals surface area contributed by atoms with Crippen LogP contribution in [-0.2, 0) is 40.0 Å². The fourth-order valence-electron chi connectivity index (χ4n) is 6.72. The number of carbonyl (C=O) groups excluding carboxylic acids is 6. The molecule has 6 amide bonds. The first-order valence-electron chi connectivity index (χ1n) is 21.0. The molecule has 0 fully saturated rings. The lowest BCUT2D eigenvalue weighted by molar-refractivity contribution is -0.147. The van der Waals surface area contributed by atoms with Crippen molar-refractivity contribution in [2.75, 3.05) is 20.6 Å². The lowest BCUT2D eigenvalue weighted by Crippen LogP contribution is -2.57. The van der Waals surface area contributed by atoms with E-state index in [9.17, 15) is 38.7 Å². The third kappa shape index (κ3) is 17.5. The Morgan fingerprint density at radius 1 is 0.780 bits per heavy atom. The number of aliphatic carboxylic acids is 1. The molecule has 59 heavy (non-hydrogen) atoms. The molecule has 0 heterocycles. The first kappa shape index (κ1) is 52.2. The minimum atomic E-state index is -1.18. The second-order valence-electron chi connectivity index (χ2n) is 16.7. The smallest absolute Gasteiger partial charge is 0.326 e. The van der Waals surface area contributed by atoms with Crippen LogP contribution in [0.4, 0.5) is 0 Å². The molecule has 0 aliphatic rings. The summed E-state index contributed by atoms with van der Waals surface area (Å²) in [5.74, 6) is -4.11. The van der Waals surface area contributed by atoms with Crippen molar-refractivity contribution in [1.29, 1.82) is 0 Å². The van der Waals surface area contributed by atoms with Gasteiger partial charge in [0.25, 0.3) is 0 Å². The SMILES string of the molecule is CCC(C)C(NC(=O)CN(C)C(=O)[C@@H](Cc1ccccc1)N(C)C(=O)[C@@H](C)NC(=O)[C@@H](CC(C)C)NC(=O)/C(C)=C/CC[C@H](C)[C@H](NC(=O)C(C)N)C(C)CC)C(=O)O. The van der Waals surface area contributed by atoms with Crippen molar-refractivity contribution in [3.8, 4) is 0 Å². The highest BCUT2D eigenvalue weighted by Crippen LogP contribution is 2.21. The van der Waals surface area contributed by atoms with Crippen molar-refractivity contribution < 1.29 is 38.7 Å². The van der Waals surface area contributed by atoms with Gasteiger partial charge in [0, 0.05) is 32.1 Å². The zero-order chi connectivity index (χ0) is 45.1. The van der Waals surface area contributed by atoms with Gasteiger partial charge in [-0.3, -0.25) is 28.8 Å². The zero-order valence-corrected chi connectivity index (χ0v) is 37.5. The third-order valence-corrected chi connectivity index (χ3v) is 11.0. The molecule has 15 heteroatoms. The molecule has 0 radical (unpaired) electrons. The maximum absolute atomic E-state index is 13.9. The second-order valence-corrected chi connectivity index (χ2v) is 16.7. The maximum atomic E-state index is 13.9. The highest BCUT2D eigenvalue weighted by Gasteiger charge is 2.35. The summed E-state index contributed by atoms with van der Waals surface area (Å²) in [5, 5.41) is 20.8. The van der Waals surface area contributed by atoms with Gasteiger partial charge < -0.3 is 41.9 Å². The van der Waals surface area contributed by atoms with Crippen molar-refractivity contribution in [3.63, 3.8) is 0 Å². The summed E-state index contributed by atoms with van der Waals surface area (Å²) in [7, 11) is 2.86. The molecule has 15 nitrogen and oxygen atoms in total. The zero-order valence-electron chi connectivity index (χ0n) is 37.5. The van der Waals surface area contributed by atoms with Gasteiger partial charge in [0.1, 0.15) is 24.2 Å². The van der Waals surface area contributed by atoms with Crippen molar-refractivity contribution in [3.05, 3.63) is 47.5 Å². The molecule has 1 aromatic rings. The number of carbonyl (C=O) groups is 7. The molecule has 332 valence electrons. The molecule has 1 rings (SSSR count). The van der Waals surface area contributed by atoms with E-state index in [0.29, 0.717) is 31.3 Å². The number of rotatable bonds is 25. The predicted molar refractivity (Wildman–Crippen MR) is 230 cm³/mol. The van der Waals surface area contributed by atoms with Crippen LogP contribution in [-0.4, -0.2) is 113 Å². The number of allylic oxidation sites excluding steroid dienone is 1. The number of hydrogen-bond acceptors (Lipinski definition) is 8. The van der Waals surface area contributed by atoms with Crippen LogP contribution in [0.3, 0.4) is 0 Å². The van der Waals surface area contributed by atoms with E-state index >= 15 is 0 Å². The fourth-order valence-corrected chi connectivity index (χ4v) is 6.72. The van der Waals surface area contributed by atoms with Crippen LogP contribution in [0, 0.1) is 23.7 Å². The van der Waals surface area contributed by atoms with Gasteiger partial charge in [0.2, 0.25) is 35.4 Å². The number of carboxylic acid groups (broad SMARTS) is 1. The lowest BCUT2D eigenvalue weighted by atomic mass is 9.85. The first-order chi connectivity index (χ1) is 27.5. The molecule has 4 unspecified atom stereocenters. The molecule has 0 aliphatic carbocycles. The molecule has 0 aliphatic heterocycles. The summed E-state index contributed by atoms with van der Waals surface area (Å²) in [6, 6.07) is 4.10. The fraction of sp³-hybridized carbons (Fsp3) is 0.659. The normalized spacial score (nSPS) is 16.2. The summed E-state index contributed by atoms with van der Waals surface area (Å²) < 4.78 is 0. The van der Waals surface area contributed by atoms with E-state index in [1.54, 1.807) is 32.9 Å². The number of hydrogen-bond donors (Lipinski definition) is 6. The van der Waals surface area contributed by atoms with Gasteiger partial charge in [-0.15, -0.1) is 0 Å². The Morgan fingerprint density at radius 3 is 1.90 bits per heavy atom. The topological polar surface area (TPSA) is 220 Å². The average Bonchev–Trinajstić information content (AvgIpc) is 3.18. The number of benzene rings is 1. The Labute approximate surface area is 352 Å². The van der Waals surface area contributed by atoms with E-state index in [0.717, 1.165) is 16.9 Å². The molecule has 0 aromatic heterocycles. The van der Waals surface area contributed by atoms with Gasteiger partial charge in [-0.25, -0.2) is 4.79 Å². The van der Waals surface area contributed by atoms with E-state index in [4.69, 9.17) is 5.73 Å².